The van der Waals surface area contributed by atoms with Crippen LogP contribution in [0.5, 0.6) is 5.75 Å². The van der Waals surface area contributed by atoms with Crippen LogP contribution in [0.1, 0.15) is 19.4 Å². The number of hydrogen-bond acceptors (Lipinski definition) is 3. The first-order valence-corrected chi connectivity index (χ1v) is 5.88. The lowest BCUT2D eigenvalue weighted by atomic mass is 10.1. The zero-order valence-corrected chi connectivity index (χ0v) is 11.2. The molecule has 1 heterocycles. The highest BCUT2D eigenvalue weighted by Gasteiger charge is 2.27. The molecule has 0 unspecified atom stereocenters. The van der Waals surface area contributed by atoms with Crippen LogP contribution < -0.4 is 4.74 Å². The molecule has 16 heavy (non-hydrogen) atoms. The lowest BCUT2D eigenvalue weighted by Gasteiger charge is -2.07. The average molecular weight is 284 g/mol. The first-order valence-electron chi connectivity index (χ1n) is 5.08. The van der Waals surface area contributed by atoms with Gasteiger partial charge in [-0.2, -0.15) is 0 Å². The minimum absolute atomic E-state index is 0.123. The molecule has 1 aliphatic heterocycles. The maximum Gasteiger partial charge on any atom is 0.216 e. The summed E-state index contributed by atoms with van der Waals surface area (Å²) in [7, 11) is 1.65. The Morgan fingerprint density at radius 1 is 1.44 bits per heavy atom. The van der Waals surface area contributed by atoms with E-state index in [4.69, 9.17) is 9.47 Å². The number of halogens is 1. The first kappa shape index (κ1) is 11.5. The summed E-state index contributed by atoms with van der Waals surface area (Å²) in [6.07, 6.45) is 0. The summed E-state index contributed by atoms with van der Waals surface area (Å²) < 4.78 is 11.7. The van der Waals surface area contributed by atoms with Crippen molar-refractivity contribution < 1.29 is 9.47 Å². The molecular weight excluding hydrogens is 270 g/mol. The Morgan fingerprint density at radius 3 is 2.69 bits per heavy atom. The molecule has 1 aromatic carbocycles. The number of ether oxygens (including phenoxy) is 2. The average Bonchev–Trinajstić information content (AvgIpc) is 2.59. The molecule has 86 valence electrons. The van der Waals surface area contributed by atoms with E-state index in [1.54, 1.807) is 7.11 Å². The number of methoxy groups -OCH3 is 1. The van der Waals surface area contributed by atoms with E-state index in [0.717, 1.165) is 15.8 Å². The van der Waals surface area contributed by atoms with Crippen LogP contribution in [0.3, 0.4) is 0 Å². The quantitative estimate of drug-likeness (QED) is 0.835. The molecule has 0 saturated carbocycles. The highest BCUT2D eigenvalue weighted by atomic mass is 79.9. The van der Waals surface area contributed by atoms with E-state index >= 15 is 0 Å². The SMILES string of the molecule is COc1ccc(C2=NC(C)(C)CO2)cc1Br. The molecule has 0 N–H and O–H groups in total. The molecule has 1 aliphatic rings. The molecule has 0 radical (unpaired) electrons. The molecule has 0 aromatic heterocycles. The van der Waals surface area contributed by atoms with E-state index in [2.05, 4.69) is 34.8 Å². The van der Waals surface area contributed by atoms with Crippen molar-refractivity contribution in [1.29, 1.82) is 0 Å². The summed E-state index contributed by atoms with van der Waals surface area (Å²) in [6, 6.07) is 5.81. The third-order valence-electron chi connectivity index (χ3n) is 2.37. The van der Waals surface area contributed by atoms with E-state index < -0.39 is 0 Å². The predicted molar refractivity (Wildman–Crippen MR) is 67.3 cm³/mol. The highest BCUT2D eigenvalue weighted by molar-refractivity contribution is 9.10. The summed E-state index contributed by atoms with van der Waals surface area (Å²) in [6.45, 7) is 4.74. The van der Waals surface area contributed by atoms with Gasteiger partial charge in [0.2, 0.25) is 5.90 Å². The van der Waals surface area contributed by atoms with Crippen molar-refractivity contribution in [1.82, 2.24) is 0 Å². The summed E-state index contributed by atoms with van der Waals surface area (Å²) >= 11 is 3.45. The summed E-state index contributed by atoms with van der Waals surface area (Å²) in [4.78, 5) is 4.52. The van der Waals surface area contributed by atoms with E-state index in [9.17, 15) is 0 Å². The molecule has 0 bridgehead atoms. The minimum Gasteiger partial charge on any atom is -0.496 e. The molecule has 0 amide bonds. The topological polar surface area (TPSA) is 30.8 Å². The number of aliphatic imine (C=N–C) groups is 1. The highest BCUT2D eigenvalue weighted by Crippen LogP contribution is 2.28. The normalized spacial score (nSPS) is 17.9. The van der Waals surface area contributed by atoms with Crippen LogP contribution in [0, 0.1) is 0 Å². The lowest BCUT2D eigenvalue weighted by Crippen LogP contribution is -2.17. The van der Waals surface area contributed by atoms with Crippen LogP contribution in [0.15, 0.2) is 27.7 Å². The molecule has 2 rings (SSSR count). The van der Waals surface area contributed by atoms with Crippen LogP contribution in [0.2, 0.25) is 0 Å². The maximum atomic E-state index is 5.57. The molecular formula is C12H14BrNO2. The largest absolute Gasteiger partial charge is 0.496 e. The summed E-state index contributed by atoms with van der Waals surface area (Å²) in [5.41, 5.74) is 0.847. The Bertz CT molecular complexity index is 441. The summed E-state index contributed by atoms with van der Waals surface area (Å²) in [5, 5.41) is 0. The Kier molecular flexibility index (Phi) is 2.93. The van der Waals surface area contributed by atoms with Gasteiger partial charge in [0.1, 0.15) is 12.4 Å². The van der Waals surface area contributed by atoms with Gasteiger partial charge in [-0.1, -0.05) is 0 Å². The molecule has 0 saturated heterocycles. The zero-order valence-electron chi connectivity index (χ0n) is 9.58. The third kappa shape index (κ3) is 2.21. The van der Waals surface area contributed by atoms with Crippen LogP contribution in [0.25, 0.3) is 0 Å². The van der Waals surface area contributed by atoms with E-state index in [0.29, 0.717) is 12.5 Å². The van der Waals surface area contributed by atoms with E-state index in [1.165, 1.54) is 0 Å². The van der Waals surface area contributed by atoms with Gasteiger partial charge in [-0.3, -0.25) is 0 Å². The number of benzene rings is 1. The van der Waals surface area contributed by atoms with Crippen molar-refractivity contribution in [3.8, 4) is 5.75 Å². The monoisotopic (exact) mass is 283 g/mol. The fourth-order valence-electron chi connectivity index (χ4n) is 1.53. The van der Waals surface area contributed by atoms with Crippen molar-refractivity contribution in [2.45, 2.75) is 19.4 Å². The molecule has 1 aromatic rings. The smallest absolute Gasteiger partial charge is 0.216 e. The maximum absolute atomic E-state index is 5.57. The van der Waals surface area contributed by atoms with E-state index in [-0.39, 0.29) is 5.54 Å². The Balaban J connectivity index is 2.33. The second kappa shape index (κ2) is 4.09. The third-order valence-corrected chi connectivity index (χ3v) is 2.98. The van der Waals surface area contributed by atoms with Gasteiger partial charge in [0.15, 0.2) is 0 Å². The number of nitrogens with zero attached hydrogens (tertiary/aromatic N) is 1. The Labute approximate surface area is 104 Å². The second-order valence-electron chi connectivity index (χ2n) is 4.37. The van der Waals surface area contributed by atoms with E-state index in [1.807, 2.05) is 18.2 Å². The first-order chi connectivity index (χ1) is 7.52. The van der Waals surface area contributed by atoms with Crippen molar-refractivity contribution in [2.75, 3.05) is 13.7 Å². The van der Waals surface area contributed by atoms with Crippen molar-refractivity contribution >= 4 is 21.8 Å². The van der Waals surface area contributed by atoms with Crippen molar-refractivity contribution in [2.24, 2.45) is 4.99 Å². The Morgan fingerprint density at radius 2 is 2.19 bits per heavy atom. The second-order valence-corrected chi connectivity index (χ2v) is 5.22. The van der Waals surface area contributed by atoms with Gasteiger partial charge in [0.25, 0.3) is 0 Å². The van der Waals surface area contributed by atoms with Crippen LogP contribution in [0.4, 0.5) is 0 Å². The Hall–Kier alpha value is -1.03. The van der Waals surface area contributed by atoms with Crippen LogP contribution in [-0.4, -0.2) is 25.2 Å². The molecule has 0 aliphatic carbocycles. The van der Waals surface area contributed by atoms with Crippen LogP contribution >= 0.6 is 15.9 Å². The van der Waals surface area contributed by atoms with Gasteiger partial charge >= 0.3 is 0 Å². The van der Waals surface area contributed by atoms with Gasteiger partial charge in [0.05, 0.1) is 17.1 Å². The predicted octanol–water partition coefficient (Wildman–Crippen LogP) is 3.01. The molecule has 0 atom stereocenters. The number of rotatable bonds is 2. The van der Waals surface area contributed by atoms with Crippen molar-refractivity contribution in [3.05, 3.63) is 28.2 Å². The van der Waals surface area contributed by atoms with Crippen molar-refractivity contribution in [3.63, 3.8) is 0 Å². The van der Waals surface area contributed by atoms with Gasteiger partial charge < -0.3 is 9.47 Å². The van der Waals surface area contributed by atoms with Crippen LogP contribution in [-0.2, 0) is 4.74 Å². The molecule has 4 heteroatoms. The van der Waals surface area contributed by atoms with Gasteiger partial charge in [0, 0.05) is 5.56 Å². The van der Waals surface area contributed by atoms with Gasteiger partial charge in [-0.05, 0) is 48.0 Å². The number of hydrogen-bond donors (Lipinski definition) is 0. The lowest BCUT2D eigenvalue weighted by molar-refractivity contribution is 0.279. The fourth-order valence-corrected chi connectivity index (χ4v) is 2.07. The molecule has 0 fully saturated rings. The fraction of sp³-hybridized carbons (Fsp3) is 0.417. The molecule has 3 nitrogen and oxygen atoms in total. The van der Waals surface area contributed by atoms with Gasteiger partial charge in [-0.25, -0.2) is 4.99 Å². The zero-order chi connectivity index (χ0) is 11.8. The van der Waals surface area contributed by atoms with Gasteiger partial charge in [-0.15, -0.1) is 0 Å². The summed E-state index contributed by atoms with van der Waals surface area (Å²) in [5.74, 6) is 1.51. The minimum atomic E-state index is -0.123. The molecule has 0 spiro atoms. The standard InChI is InChI=1S/C12H14BrNO2/c1-12(2)7-16-11(14-12)8-4-5-10(15-3)9(13)6-8/h4-6H,7H2,1-3H3.